The zero-order chi connectivity index (χ0) is 15.4. The van der Waals surface area contributed by atoms with E-state index in [1.807, 2.05) is 0 Å². The maximum absolute atomic E-state index is 12.6. The molecule has 114 valence electrons. The van der Waals surface area contributed by atoms with E-state index in [2.05, 4.69) is 5.32 Å². The molecule has 1 aliphatic rings. The zero-order valence-electron chi connectivity index (χ0n) is 12.2. The van der Waals surface area contributed by atoms with Crippen LogP contribution in [0.2, 0.25) is 0 Å². The highest BCUT2D eigenvalue weighted by Crippen LogP contribution is 2.29. The molecular formula is C14H19N3O4. The molecule has 0 atom stereocenters. The molecule has 1 N–H and O–H groups in total. The van der Waals surface area contributed by atoms with Gasteiger partial charge in [-0.1, -0.05) is 6.07 Å². The lowest BCUT2D eigenvalue weighted by Crippen LogP contribution is -2.40. The highest BCUT2D eigenvalue weighted by molar-refractivity contribution is 6.01. The Kier molecular flexibility index (Phi) is 4.74. The van der Waals surface area contributed by atoms with Crippen molar-refractivity contribution in [3.05, 3.63) is 33.9 Å². The van der Waals surface area contributed by atoms with Crippen molar-refractivity contribution in [2.45, 2.75) is 18.9 Å². The van der Waals surface area contributed by atoms with E-state index < -0.39 is 4.92 Å². The first-order chi connectivity index (χ1) is 10.1. The number of benzene rings is 1. The first kappa shape index (κ1) is 15.2. The van der Waals surface area contributed by atoms with E-state index in [0.717, 1.165) is 12.8 Å². The topological polar surface area (TPSA) is 84.7 Å². The largest absolute Gasteiger partial charge is 0.382 e. The number of nitro groups is 1. The minimum absolute atomic E-state index is 0.0878. The number of carbonyl (C=O) groups excluding carboxylic acids is 1. The highest BCUT2D eigenvalue weighted by atomic mass is 16.6. The predicted molar refractivity (Wildman–Crippen MR) is 78.6 cm³/mol. The Balaban J connectivity index is 2.24. The van der Waals surface area contributed by atoms with Crippen LogP contribution in [0.15, 0.2) is 18.2 Å². The Morgan fingerprint density at radius 1 is 1.43 bits per heavy atom. The predicted octanol–water partition coefficient (Wildman–Crippen LogP) is 1.89. The maximum atomic E-state index is 12.6. The molecule has 0 radical (unpaired) electrons. The van der Waals surface area contributed by atoms with Crippen molar-refractivity contribution < 1.29 is 14.5 Å². The second-order valence-electron chi connectivity index (χ2n) is 4.93. The van der Waals surface area contributed by atoms with Gasteiger partial charge in [0.1, 0.15) is 5.69 Å². The zero-order valence-corrected chi connectivity index (χ0v) is 12.2. The standard InChI is InChI=1S/C14H19N3O4/c1-15-13-11(4-3-5-12(13)17(19)20)14(18)16-8-6-10(21-2)7-9-16/h3-5,10,15H,6-9H2,1-2H3. The summed E-state index contributed by atoms with van der Waals surface area (Å²) >= 11 is 0. The average Bonchev–Trinajstić information content (AvgIpc) is 2.53. The Bertz CT molecular complexity index is 539. The third-order valence-electron chi connectivity index (χ3n) is 3.78. The molecule has 0 bridgehead atoms. The molecule has 1 heterocycles. The summed E-state index contributed by atoms with van der Waals surface area (Å²) < 4.78 is 5.28. The number of amides is 1. The first-order valence-corrected chi connectivity index (χ1v) is 6.85. The van der Waals surface area contributed by atoms with Crippen LogP contribution >= 0.6 is 0 Å². The van der Waals surface area contributed by atoms with Crippen LogP contribution < -0.4 is 5.32 Å². The van der Waals surface area contributed by atoms with E-state index in [0.29, 0.717) is 18.7 Å². The number of para-hydroxylation sites is 1. The number of hydrogen-bond acceptors (Lipinski definition) is 5. The van der Waals surface area contributed by atoms with E-state index in [9.17, 15) is 14.9 Å². The van der Waals surface area contributed by atoms with Gasteiger partial charge in [-0.05, 0) is 18.9 Å². The van der Waals surface area contributed by atoms with Crippen LogP contribution in [0.25, 0.3) is 0 Å². The van der Waals surface area contributed by atoms with Gasteiger partial charge in [-0.2, -0.15) is 0 Å². The molecule has 0 aromatic heterocycles. The second-order valence-corrected chi connectivity index (χ2v) is 4.93. The van der Waals surface area contributed by atoms with Crippen molar-refractivity contribution in [1.29, 1.82) is 0 Å². The molecule has 1 aliphatic heterocycles. The molecule has 1 fully saturated rings. The summed E-state index contributed by atoms with van der Waals surface area (Å²) in [6, 6.07) is 4.54. The minimum Gasteiger partial charge on any atom is -0.382 e. The number of nitrogens with zero attached hydrogens (tertiary/aromatic N) is 2. The molecule has 7 heteroatoms. The molecule has 2 rings (SSSR count). The summed E-state index contributed by atoms with van der Waals surface area (Å²) in [6.45, 7) is 1.20. The van der Waals surface area contributed by atoms with Crippen LogP contribution in [0, 0.1) is 10.1 Å². The Hall–Kier alpha value is -2.15. The summed E-state index contributed by atoms with van der Waals surface area (Å²) in [7, 11) is 3.25. The smallest absolute Gasteiger partial charge is 0.293 e. The van der Waals surface area contributed by atoms with Gasteiger partial charge in [0, 0.05) is 33.3 Å². The van der Waals surface area contributed by atoms with E-state index in [1.54, 1.807) is 25.1 Å². The second kappa shape index (κ2) is 6.53. The first-order valence-electron chi connectivity index (χ1n) is 6.85. The molecule has 0 aliphatic carbocycles. The number of nitro benzene ring substituents is 1. The van der Waals surface area contributed by atoms with Crippen LogP contribution in [-0.2, 0) is 4.74 Å². The van der Waals surface area contributed by atoms with Crippen molar-refractivity contribution in [2.24, 2.45) is 0 Å². The molecule has 21 heavy (non-hydrogen) atoms. The van der Waals surface area contributed by atoms with Gasteiger partial charge < -0.3 is 15.0 Å². The van der Waals surface area contributed by atoms with Gasteiger partial charge in [0.25, 0.3) is 11.6 Å². The summed E-state index contributed by atoms with van der Waals surface area (Å²) in [5.41, 5.74) is 0.513. The number of rotatable bonds is 4. The highest BCUT2D eigenvalue weighted by Gasteiger charge is 2.27. The molecule has 1 saturated heterocycles. The lowest BCUT2D eigenvalue weighted by molar-refractivity contribution is -0.384. The fourth-order valence-corrected chi connectivity index (χ4v) is 2.60. The van der Waals surface area contributed by atoms with E-state index >= 15 is 0 Å². The number of hydrogen-bond donors (Lipinski definition) is 1. The third kappa shape index (κ3) is 3.13. The number of anilines is 1. The average molecular weight is 293 g/mol. The number of carbonyl (C=O) groups is 1. The Morgan fingerprint density at radius 3 is 2.62 bits per heavy atom. The Morgan fingerprint density at radius 2 is 2.10 bits per heavy atom. The van der Waals surface area contributed by atoms with Crippen molar-refractivity contribution in [1.82, 2.24) is 4.90 Å². The quantitative estimate of drug-likeness (QED) is 0.677. The molecule has 0 spiro atoms. The third-order valence-corrected chi connectivity index (χ3v) is 3.78. The minimum atomic E-state index is -0.486. The van der Waals surface area contributed by atoms with Crippen molar-refractivity contribution in [2.75, 3.05) is 32.6 Å². The number of methoxy groups -OCH3 is 1. The SMILES string of the molecule is CNc1c(C(=O)N2CCC(OC)CC2)cccc1[N+](=O)[O-]. The maximum Gasteiger partial charge on any atom is 0.293 e. The number of nitrogens with one attached hydrogen (secondary N) is 1. The van der Waals surface area contributed by atoms with Gasteiger partial charge in [0.05, 0.1) is 16.6 Å². The van der Waals surface area contributed by atoms with Crippen LogP contribution in [0.4, 0.5) is 11.4 Å². The monoisotopic (exact) mass is 293 g/mol. The summed E-state index contributed by atoms with van der Waals surface area (Å²) in [5.74, 6) is -0.183. The lowest BCUT2D eigenvalue weighted by Gasteiger charge is -2.31. The van der Waals surface area contributed by atoms with Crippen molar-refractivity contribution >= 4 is 17.3 Å². The van der Waals surface area contributed by atoms with Crippen LogP contribution in [-0.4, -0.2) is 49.1 Å². The molecule has 0 saturated carbocycles. The van der Waals surface area contributed by atoms with Gasteiger partial charge >= 0.3 is 0 Å². The number of piperidine rings is 1. The van der Waals surface area contributed by atoms with E-state index in [4.69, 9.17) is 4.74 Å². The lowest BCUT2D eigenvalue weighted by atomic mass is 10.0. The molecular weight excluding hydrogens is 274 g/mol. The van der Waals surface area contributed by atoms with Crippen molar-refractivity contribution in [3.63, 3.8) is 0 Å². The van der Waals surface area contributed by atoms with Crippen LogP contribution in [0.5, 0.6) is 0 Å². The summed E-state index contributed by atoms with van der Waals surface area (Å²) in [4.78, 5) is 24.8. The van der Waals surface area contributed by atoms with Crippen LogP contribution in [0.1, 0.15) is 23.2 Å². The fourth-order valence-electron chi connectivity index (χ4n) is 2.60. The fraction of sp³-hybridized carbons (Fsp3) is 0.500. The van der Waals surface area contributed by atoms with Gasteiger partial charge in [-0.3, -0.25) is 14.9 Å². The normalized spacial score (nSPS) is 15.8. The summed E-state index contributed by atoms with van der Waals surface area (Å²) in [5, 5.41) is 13.8. The van der Waals surface area contributed by atoms with Gasteiger partial charge in [-0.15, -0.1) is 0 Å². The molecule has 0 unspecified atom stereocenters. The van der Waals surface area contributed by atoms with Crippen LogP contribution in [0.3, 0.4) is 0 Å². The molecule has 1 aromatic carbocycles. The summed E-state index contributed by atoms with van der Waals surface area (Å²) in [6.07, 6.45) is 1.75. The van der Waals surface area contributed by atoms with Crippen molar-refractivity contribution in [3.8, 4) is 0 Å². The van der Waals surface area contributed by atoms with Gasteiger partial charge in [-0.25, -0.2) is 0 Å². The van der Waals surface area contributed by atoms with Gasteiger partial charge in [0.15, 0.2) is 0 Å². The number of likely N-dealkylation sites (tertiary alicyclic amines) is 1. The van der Waals surface area contributed by atoms with E-state index in [1.165, 1.54) is 12.1 Å². The Labute approximate surface area is 123 Å². The number of ether oxygens (including phenoxy) is 1. The molecule has 7 nitrogen and oxygen atoms in total. The van der Waals surface area contributed by atoms with Gasteiger partial charge in [0.2, 0.25) is 0 Å². The molecule has 1 aromatic rings. The molecule has 1 amide bonds. The van der Waals surface area contributed by atoms with E-state index in [-0.39, 0.29) is 23.4 Å².